The van der Waals surface area contributed by atoms with Gasteiger partial charge in [0.15, 0.2) is 0 Å². The third-order valence-corrected chi connectivity index (χ3v) is 2.21. The molecule has 0 fully saturated rings. The van der Waals surface area contributed by atoms with E-state index in [0.29, 0.717) is 18.6 Å². The van der Waals surface area contributed by atoms with Gasteiger partial charge in [-0.1, -0.05) is 19.2 Å². The third kappa shape index (κ3) is 20.1. The Kier molecular flexibility index (Phi) is 18.4. The Morgan fingerprint density at radius 2 is 1.70 bits per heavy atom. The topological polar surface area (TPSA) is 82.1 Å². The SMILES string of the molecule is C=CC(=O)OCCCOC(=O)C(=C)C.C=CCOCCCCO. The highest BCUT2D eigenvalue weighted by Crippen LogP contribution is 1.94. The van der Waals surface area contributed by atoms with Crippen molar-refractivity contribution >= 4 is 11.9 Å². The average Bonchev–Trinajstić information content (AvgIpc) is 2.54. The lowest BCUT2D eigenvalue weighted by Gasteiger charge is -2.04. The third-order valence-electron chi connectivity index (χ3n) is 2.21. The van der Waals surface area contributed by atoms with Gasteiger partial charge in [0, 0.05) is 31.3 Å². The first-order valence-corrected chi connectivity index (χ1v) is 7.40. The minimum Gasteiger partial charge on any atom is -0.462 e. The minimum atomic E-state index is -0.476. The molecule has 0 bridgehead atoms. The largest absolute Gasteiger partial charge is 0.462 e. The zero-order valence-electron chi connectivity index (χ0n) is 13.9. The highest BCUT2D eigenvalue weighted by molar-refractivity contribution is 5.86. The number of hydrogen-bond donors (Lipinski definition) is 1. The molecule has 0 aromatic rings. The highest BCUT2D eigenvalue weighted by atomic mass is 16.5. The summed E-state index contributed by atoms with van der Waals surface area (Å²) >= 11 is 0. The Morgan fingerprint density at radius 1 is 1.04 bits per heavy atom. The van der Waals surface area contributed by atoms with Crippen LogP contribution >= 0.6 is 0 Å². The van der Waals surface area contributed by atoms with Gasteiger partial charge in [-0.25, -0.2) is 9.59 Å². The van der Waals surface area contributed by atoms with E-state index < -0.39 is 11.9 Å². The van der Waals surface area contributed by atoms with E-state index in [1.165, 1.54) is 0 Å². The van der Waals surface area contributed by atoms with Gasteiger partial charge in [0.2, 0.25) is 0 Å². The molecule has 0 amide bonds. The van der Waals surface area contributed by atoms with E-state index in [9.17, 15) is 9.59 Å². The molecule has 0 radical (unpaired) electrons. The molecule has 1 N–H and O–H groups in total. The molecule has 0 aliphatic carbocycles. The summed E-state index contributed by atoms with van der Waals surface area (Å²) in [4.78, 5) is 21.4. The first kappa shape index (κ1) is 23.3. The molecule has 0 aliphatic rings. The summed E-state index contributed by atoms with van der Waals surface area (Å²) in [5, 5.41) is 8.35. The summed E-state index contributed by atoms with van der Waals surface area (Å²) in [7, 11) is 0. The van der Waals surface area contributed by atoms with Gasteiger partial charge in [-0.2, -0.15) is 0 Å². The van der Waals surface area contributed by atoms with Crippen LogP contribution in [0.1, 0.15) is 26.2 Å². The van der Waals surface area contributed by atoms with Crippen molar-refractivity contribution in [2.75, 3.05) is 33.0 Å². The number of hydrogen-bond acceptors (Lipinski definition) is 6. The fourth-order valence-electron chi connectivity index (χ4n) is 1.06. The molecule has 23 heavy (non-hydrogen) atoms. The molecular formula is C17H28O6. The number of esters is 2. The molecule has 0 spiro atoms. The van der Waals surface area contributed by atoms with Gasteiger partial charge < -0.3 is 19.3 Å². The summed E-state index contributed by atoms with van der Waals surface area (Å²) < 4.78 is 14.5. The summed E-state index contributed by atoms with van der Waals surface area (Å²) in [6.45, 7) is 13.8. The molecule has 0 atom stereocenters. The normalized spacial score (nSPS) is 9.13. The van der Waals surface area contributed by atoms with E-state index in [2.05, 4.69) is 24.5 Å². The first-order valence-electron chi connectivity index (χ1n) is 7.40. The molecule has 0 rings (SSSR count). The Hall–Kier alpha value is -1.92. The second-order valence-electron chi connectivity index (χ2n) is 4.44. The van der Waals surface area contributed by atoms with Crippen molar-refractivity contribution in [3.63, 3.8) is 0 Å². The second kappa shape index (κ2) is 18.1. The van der Waals surface area contributed by atoms with Crippen molar-refractivity contribution in [2.45, 2.75) is 26.2 Å². The van der Waals surface area contributed by atoms with Crippen molar-refractivity contribution < 1.29 is 28.9 Å². The number of unbranched alkanes of at least 4 members (excludes halogenated alkanes) is 1. The van der Waals surface area contributed by atoms with Crippen LogP contribution in [0.5, 0.6) is 0 Å². The predicted octanol–water partition coefficient (Wildman–Crippen LogP) is 2.19. The van der Waals surface area contributed by atoms with E-state index in [1.807, 2.05) is 0 Å². The van der Waals surface area contributed by atoms with Crippen molar-refractivity contribution in [1.29, 1.82) is 0 Å². The van der Waals surface area contributed by atoms with Gasteiger partial charge in [-0.05, 0) is 19.8 Å². The maximum Gasteiger partial charge on any atom is 0.333 e. The van der Waals surface area contributed by atoms with E-state index >= 15 is 0 Å². The molecule has 6 heteroatoms. The van der Waals surface area contributed by atoms with Crippen molar-refractivity contribution in [3.8, 4) is 0 Å². The summed E-state index contributed by atoms with van der Waals surface area (Å²) in [6.07, 6.45) is 5.04. The van der Waals surface area contributed by atoms with Crippen LogP contribution in [-0.4, -0.2) is 50.1 Å². The fourth-order valence-corrected chi connectivity index (χ4v) is 1.06. The summed E-state index contributed by atoms with van der Waals surface area (Å²) in [5.41, 5.74) is 0.355. The maximum atomic E-state index is 10.9. The minimum absolute atomic E-state index is 0.217. The van der Waals surface area contributed by atoms with Gasteiger partial charge >= 0.3 is 11.9 Å². The molecule has 0 aromatic carbocycles. The zero-order chi connectivity index (χ0) is 17.9. The Bertz CT molecular complexity index is 362. The van der Waals surface area contributed by atoms with Crippen LogP contribution in [0.25, 0.3) is 0 Å². The monoisotopic (exact) mass is 328 g/mol. The molecule has 0 unspecified atom stereocenters. The number of carbonyl (C=O) groups is 2. The second-order valence-corrected chi connectivity index (χ2v) is 4.44. The van der Waals surface area contributed by atoms with Crippen LogP contribution in [0.4, 0.5) is 0 Å². The van der Waals surface area contributed by atoms with Crippen LogP contribution < -0.4 is 0 Å². The van der Waals surface area contributed by atoms with Crippen molar-refractivity contribution in [2.24, 2.45) is 0 Å². The molecule has 0 saturated heterocycles. The highest BCUT2D eigenvalue weighted by Gasteiger charge is 2.02. The molecule has 6 nitrogen and oxygen atoms in total. The molecule has 0 aromatic heterocycles. The maximum absolute atomic E-state index is 10.9. The standard InChI is InChI=1S/C10H14O4.C7H14O2/c1-4-9(11)13-6-5-7-14-10(12)8(2)3;1-2-6-9-7-4-3-5-8/h4H,1-2,5-7H2,3H3;2,8H,1,3-7H2. The summed E-state index contributed by atoms with van der Waals surface area (Å²) in [5.74, 6) is -0.906. The van der Waals surface area contributed by atoms with Gasteiger partial charge in [-0.15, -0.1) is 6.58 Å². The van der Waals surface area contributed by atoms with Gasteiger partial charge in [-0.3, -0.25) is 0 Å². The molecular weight excluding hydrogens is 300 g/mol. The van der Waals surface area contributed by atoms with E-state index in [-0.39, 0.29) is 19.8 Å². The Morgan fingerprint density at radius 3 is 2.22 bits per heavy atom. The van der Waals surface area contributed by atoms with Crippen LogP contribution in [0.2, 0.25) is 0 Å². The summed E-state index contributed by atoms with van der Waals surface area (Å²) in [6, 6.07) is 0. The van der Waals surface area contributed by atoms with Crippen LogP contribution in [-0.2, 0) is 23.8 Å². The number of carbonyl (C=O) groups excluding carboxylic acids is 2. The molecule has 132 valence electrons. The van der Waals surface area contributed by atoms with Crippen molar-refractivity contribution in [3.05, 3.63) is 37.5 Å². The predicted molar refractivity (Wildman–Crippen MR) is 88.9 cm³/mol. The van der Waals surface area contributed by atoms with Crippen LogP contribution in [0, 0.1) is 0 Å². The lowest BCUT2D eigenvalue weighted by atomic mass is 10.3. The van der Waals surface area contributed by atoms with Crippen LogP contribution in [0.3, 0.4) is 0 Å². The van der Waals surface area contributed by atoms with E-state index in [0.717, 1.165) is 25.5 Å². The van der Waals surface area contributed by atoms with Gasteiger partial charge in [0.05, 0.1) is 19.8 Å². The molecule has 0 heterocycles. The first-order chi connectivity index (χ1) is 11.0. The Balaban J connectivity index is 0. The zero-order valence-corrected chi connectivity index (χ0v) is 13.9. The van der Waals surface area contributed by atoms with Gasteiger partial charge in [0.25, 0.3) is 0 Å². The smallest absolute Gasteiger partial charge is 0.333 e. The van der Waals surface area contributed by atoms with Crippen LogP contribution in [0.15, 0.2) is 37.5 Å². The van der Waals surface area contributed by atoms with E-state index in [4.69, 9.17) is 14.6 Å². The average molecular weight is 328 g/mol. The van der Waals surface area contributed by atoms with Crippen molar-refractivity contribution in [1.82, 2.24) is 0 Å². The molecule has 0 saturated carbocycles. The quantitative estimate of drug-likeness (QED) is 0.256. The number of aliphatic hydroxyl groups excluding tert-OH is 1. The molecule has 0 aliphatic heterocycles. The lowest BCUT2D eigenvalue weighted by molar-refractivity contribution is -0.140. The number of rotatable bonds is 12. The lowest BCUT2D eigenvalue weighted by Crippen LogP contribution is -2.09. The van der Waals surface area contributed by atoms with E-state index in [1.54, 1.807) is 13.0 Å². The Labute approximate surface area is 138 Å². The number of ether oxygens (including phenoxy) is 3. The van der Waals surface area contributed by atoms with Gasteiger partial charge in [0.1, 0.15) is 0 Å². The number of aliphatic hydroxyl groups is 1. The fraction of sp³-hybridized carbons (Fsp3) is 0.529.